The first kappa shape index (κ1) is 19.5. The normalized spacial score (nSPS) is 18.3. The molecule has 152 valence electrons. The van der Waals surface area contributed by atoms with E-state index in [9.17, 15) is 4.79 Å². The number of piperidine rings is 1. The fourth-order valence-corrected chi connectivity index (χ4v) is 3.83. The smallest absolute Gasteiger partial charge is 0.321 e. The van der Waals surface area contributed by atoms with Gasteiger partial charge in [-0.3, -0.25) is 10.3 Å². The number of likely N-dealkylation sites (tertiary alicyclic amines) is 1. The van der Waals surface area contributed by atoms with Crippen LogP contribution in [0.4, 0.5) is 10.5 Å². The SMILES string of the molecule is CC(C)(C)c1ccc(C2=CC3(CCN(C(=O)Nc4ccccc4)CC3)ON2)cc1. The number of carbonyl (C=O) groups excluding carboxylic acids is 1. The van der Waals surface area contributed by atoms with Crippen LogP contribution in [0.25, 0.3) is 5.70 Å². The lowest BCUT2D eigenvalue weighted by Crippen LogP contribution is -2.48. The molecule has 1 fully saturated rings. The van der Waals surface area contributed by atoms with Crippen LogP contribution in [0.2, 0.25) is 0 Å². The fourth-order valence-electron chi connectivity index (χ4n) is 3.83. The number of amides is 2. The third-order valence-corrected chi connectivity index (χ3v) is 5.76. The number of hydrogen-bond donors (Lipinski definition) is 2. The number of carbonyl (C=O) groups is 1. The van der Waals surface area contributed by atoms with Crippen LogP contribution in [0.15, 0.2) is 60.7 Å². The first-order chi connectivity index (χ1) is 13.8. The zero-order valence-corrected chi connectivity index (χ0v) is 17.4. The van der Waals surface area contributed by atoms with Crippen molar-refractivity contribution in [2.24, 2.45) is 0 Å². The second-order valence-corrected chi connectivity index (χ2v) is 8.94. The molecule has 2 aromatic carbocycles. The maximum Gasteiger partial charge on any atom is 0.321 e. The van der Waals surface area contributed by atoms with Gasteiger partial charge in [-0.25, -0.2) is 4.79 Å². The number of rotatable bonds is 2. The Balaban J connectivity index is 1.39. The predicted octanol–water partition coefficient (Wildman–Crippen LogP) is 4.93. The van der Waals surface area contributed by atoms with Crippen molar-refractivity contribution in [1.29, 1.82) is 0 Å². The Bertz CT molecular complexity index is 890. The molecule has 0 atom stereocenters. The Morgan fingerprint density at radius 1 is 1.03 bits per heavy atom. The van der Waals surface area contributed by atoms with Crippen LogP contribution < -0.4 is 10.8 Å². The van der Waals surface area contributed by atoms with E-state index in [2.05, 4.69) is 61.9 Å². The highest BCUT2D eigenvalue weighted by Gasteiger charge is 2.39. The summed E-state index contributed by atoms with van der Waals surface area (Å²) in [6, 6.07) is 18.1. The number of urea groups is 1. The van der Waals surface area contributed by atoms with Gasteiger partial charge in [0.1, 0.15) is 5.60 Å². The largest absolute Gasteiger partial charge is 0.324 e. The summed E-state index contributed by atoms with van der Waals surface area (Å²) in [6.45, 7) is 7.97. The summed E-state index contributed by atoms with van der Waals surface area (Å²) in [5.41, 5.74) is 7.17. The number of hydrogen-bond acceptors (Lipinski definition) is 3. The van der Waals surface area contributed by atoms with E-state index in [1.165, 1.54) is 5.56 Å². The highest BCUT2D eigenvalue weighted by atomic mass is 16.7. The molecule has 0 bridgehead atoms. The van der Waals surface area contributed by atoms with Crippen LogP contribution in [0, 0.1) is 0 Å². The molecule has 1 spiro atoms. The summed E-state index contributed by atoms with van der Waals surface area (Å²) < 4.78 is 0. The van der Waals surface area contributed by atoms with Crippen molar-refractivity contribution in [3.63, 3.8) is 0 Å². The molecule has 5 nitrogen and oxygen atoms in total. The average Bonchev–Trinajstić information content (AvgIpc) is 3.12. The number of para-hydroxylation sites is 1. The maximum absolute atomic E-state index is 12.5. The Hall–Kier alpha value is -2.79. The first-order valence-electron chi connectivity index (χ1n) is 10.2. The van der Waals surface area contributed by atoms with Gasteiger partial charge in [0.25, 0.3) is 0 Å². The van der Waals surface area contributed by atoms with Crippen molar-refractivity contribution in [3.8, 4) is 0 Å². The van der Waals surface area contributed by atoms with Crippen molar-refractivity contribution >= 4 is 17.4 Å². The highest BCUT2D eigenvalue weighted by Crippen LogP contribution is 2.35. The third kappa shape index (κ3) is 4.30. The van der Waals surface area contributed by atoms with Gasteiger partial charge in [0.15, 0.2) is 0 Å². The Morgan fingerprint density at radius 3 is 2.31 bits per heavy atom. The number of nitrogens with zero attached hydrogens (tertiary/aromatic N) is 1. The number of hydroxylamine groups is 1. The standard InChI is InChI=1S/C24H29N3O2/c1-23(2,3)19-11-9-18(10-12-19)21-17-24(29-26-21)13-15-27(16-14-24)22(28)25-20-7-5-4-6-8-20/h4-12,17,26H,13-16H2,1-3H3,(H,25,28). The molecule has 0 aliphatic carbocycles. The molecule has 0 aromatic heterocycles. The lowest BCUT2D eigenvalue weighted by Gasteiger charge is -2.36. The van der Waals surface area contributed by atoms with Crippen molar-refractivity contribution in [1.82, 2.24) is 10.4 Å². The van der Waals surface area contributed by atoms with Crippen LogP contribution in [0.1, 0.15) is 44.7 Å². The van der Waals surface area contributed by atoms with Crippen LogP contribution in [0.5, 0.6) is 0 Å². The van der Waals surface area contributed by atoms with E-state index >= 15 is 0 Å². The monoisotopic (exact) mass is 391 g/mol. The molecule has 0 radical (unpaired) electrons. The van der Waals surface area contributed by atoms with Gasteiger partial charge < -0.3 is 10.2 Å². The van der Waals surface area contributed by atoms with Crippen molar-refractivity contribution in [2.75, 3.05) is 18.4 Å². The van der Waals surface area contributed by atoms with E-state index in [-0.39, 0.29) is 17.0 Å². The van der Waals surface area contributed by atoms with Gasteiger partial charge in [0, 0.05) is 31.6 Å². The summed E-state index contributed by atoms with van der Waals surface area (Å²) in [5, 5.41) is 2.96. The third-order valence-electron chi connectivity index (χ3n) is 5.76. The first-order valence-corrected chi connectivity index (χ1v) is 10.2. The van der Waals surface area contributed by atoms with Gasteiger partial charge in [0.2, 0.25) is 0 Å². The zero-order chi connectivity index (χ0) is 20.5. The van der Waals surface area contributed by atoms with Gasteiger partial charge in [-0.15, -0.1) is 0 Å². The number of benzene rings is 2. The molecular weight excluding hydrogens is 362 g/mol. The number of nitrogens with one attached hydrogen (secondary N) is 2. The van der Waals surface area contributed by atoms with Crippen LogP contribution in [-0.2, 0) is 10.3 Å². The van der Waals surface area contributed by atoms with Gasteiger partial charge in [-0.05, 0) is 34.8 Å². The molecule has 2 N–H and O–H groups in total. The van der Waals surface area contributed by atoms with Gasteiger partial charge in [0.05, 0.1) is 5.70 Å². The highest BCUT2D eigenvalue weighted by molar-refractivity contribution is 5.89. The summed E-state index contributed by atoms with van der Waals surface area (Å²) in [5.74, 6) is 0. The fraction of sp³-hybridized carbons (Fsp3) is 0.375. The summed E-state index contributed by atoms with van der Waals surface area (Å²) in [4.78, 5) is 20.4. The molecule has 0 saturated carbocycles. The van der Waals surface area contributed by atoms with Gasteiger partial charge in [-0.2, -0.15) is 0 Å². The molecule has 29 heavy (non-hydrogen) atoms. The van der Waals surface area contributed by atoms with Crippen LogP contribution >= 0.6 is 0 Å². The maximum atomic E-state index is 12.5. The lowest BCUT2D eigenvalue weighted by atomic mass is 9.86. The van der Waals surface area contributed by atoms with E-state index in [0.29, 0.717) is 13.1 Å². The van der Waals surface area contributed by atoms with Gasteiger partial charge in [-0.1, -0.05) is 63.2 Å². The lowest BCUT2D eigenvalue weighted by molar-refractivity contribution is -0.0634. The van der Waals surface area contributed by atoms with E-state index in [4.69, 9.17) is 4.84 Å². The molecule has 2 amide bonds. The molecule has 2 aliphatic heterocycles. The topological polar surface area (TPSA) is 53.6 Å². The zero-order valence-electron chi connectivity index (χ0n) is 17.4. The van der Waals surface area contributed by atoms with E-state index < -0.39 is 0 Å². The number of anilines is 1. The minimum Gasteiger partial charge on any atom is -0.324 e. The summed E-state index contributed by atoms with van der Waals surface area (Å²) in [6.07, 6.45) is 3.73. The molecule has 2 aromatic rings. The van der Waals surface area contributed by atoms with E-state index in [1.54, 1.807) is 0 Å². The second-order valence-electron chi connectivity index (χ2n) is 8.94. The Morgan fingerprint density at radius 2 is 1.69 bits per heavy atom. The Labute approximate surface area is 172 Å². The van der Waals surface area contributed by atoms with Crippen molar-refractivity contribution in [2.45, 2.75) is 44.6 Å². The Kier molecular flexibility index (Phi) is 5.09. The predicted molar refractivity (Wildman–Crippen MR) is 116 cm³/mol. The van der Waals surface area contributed by atoms with E-state index in [1.807, 2.05) is 35.2 Å². The molecule has 4 rings (SSSR count). The molecule has 2 heterocycles. The minimum absolute atomic E-state index is 0.0565. The summed E-state index contributed by atoms with van der Waals surface area (Å²) in [7, 11) is 0. The van der Waals surface area contributed by atoms with E-state index in [0.717, 1.165) is 29.8 Å². The molecule has 1 saturated heterocycles. The minimum atomic E-state index is -0.346. The average molecular weight is 392 g/mol. The summed E-state index contributed by atoms with van der Waals surface area (Å²) >= 11 is 0. The van der Waals surface area contributed by atoms with Crippen molar-refractivity contribution in [3.05, 3.63) is 71.8 Å². The molecule has 0 unspecified atom stereocenters. The molecular formula is C24H29N3O2. The van der Waals surface area contributed by atoms with Crippen LogP contribution in [0.3, 0.4) is 0 Å². The second kappa shape index (κ2) is 7.56. The molecule has 5 heteroatoms. The van der Waals surface area contributed by atoms with Gasteiger partial charge >= 0.3 is 6.03 Å². The quantitative estimate of drug-likeness (QED) is 0.763. The molecule has 2 aliphatic rings. The van der Waals surface area contributed by atoms with Crippen molar-refractivity contribution < 1.29 is 9.63 Å². The van der Waals surface area contributed by atoms with Crippen LogP contribution in [-0.4, -0.2) is 29.6 Å².